The highest BCUT2D eigenvalue weighted by Crippen LogP contribution is 2.08. The number of amidine groups is 1. The average Bonchev–Trinajstić information content (AvgIpc) is 2.62. The van der Waals surface area contributed by atoms with Gasteiger partial charge in [0.25, 0.3) is 0 Å². The molecule has 0 aromatic carbocycles. The third kappa shape index (κ3) is 10.5. The molecule has 11 nitrogen and oxygen atoms in total. The van der Waals surface area contributed by atoms with Crippen LogP contribution in [0.15, 0.2) is 36.9 Å². The van der Waals surface area contributed by atoms with E-state index in [1.54, 1.807) is 12.3 Å². The first-order chi connectivity index (χ1) is 12.7. The maximum absolute atomic E-state index is 10.6. The van der Waals surface area contributed by atoms with Gasteiger partial charge in [0.2, 0.25) is 0 Å². The molecule has 0 aliphatic rings. The van der Waals surface area contributed by atoms with E-state index >= 15 is 0 Å². The standard InChI is InChI=1S/C9H10N2O2S.C8H9N3O2.H3N.H2O/c1-14-8(10)3-6-2-7(9(12)13)5-11-4-6;9-7(10)2-5-1-6(8(12)13)4-11-3-5;;/h2,4-5,10H,3H2,1H3,(H,12,13);1,3-4H,2H2,(H3,9,10)(H,12,13);1H3;1H2. The summed E-state index contributed by atoms with van der Waals surface area (Å²) in [6.45, 7) is 0. The number of rotatable bonds is 6. The van der Waals surface area contributed by atoms with Gasteiger partial charge >= 0.3 is 11.9 Å². The van der Waals surface area contributed by atoms with Crippen LogP contribution in [-0.2, 0) is 12.8 Å². The van der Waals surface area contributed by atoms with Crippen LogP contribution in [0.1, 0.15) is 31.8 Å². The van der Waals surface area contributed by atoms with Crippen LogP contribution in [0.3, 0.4) is 0 Å². The van der Waals surface area contributed by atoms with Gasteiger partial charge in [-0.25, -0.2) is 9.59 Å². The summed E-state index contributed by atoms with van der Waals surface area (Å²) in [4.78, 5) is 28.7. The van der Waals surface area contributed by atoms with E-state index in [4.69, 9.17) is 26.8 Å². The van der Waals surface area contributed by atoms with Crippen LogP contribution in [0.5, 0.6) is 0 Å². The summed E-state index contributed by atoms with van der Waals surface area (Å²) in [5.74, 6) is -2.03. The van der Waals surface area contributed by atoms with Gasteiger partial charge in [-0.15, -0.1) is 11.8 Å². The van der Waals surface area contributed by atoms with Crippen LogP contribution in [0.25, 0.3) is 0 Å². The maximum atomic E-state index is 10.6. The fourth-order valence-electron chi connectivity index (χ4n) is 1.88. The Balaban J connectivity index is 0. The van der Waals surface area contributed by atoms with Crippen molar-refractivity contribution in [3.05, 3.63) is 59.2 Å². The van der Waals surface area contributed by atoms with Crippen molar-refractivity contribution >= 4 is 34.6 Å². The number of carboxylic acid groups (broad SMARTS) is 2. The molecule has 2 rings (SSSR count). The molecule has 29 heavy (non-hydrogen) atoms. The Kier molecular flexibility index (Phi) is 13.2. The van der Waals surface area contributed by atoms with Gasteiger partial charge in [0.15, 0.2) is 0 Å². The monoisotopic (exact) mass is 424 g/mol. The molecule has 11 N–H and O–H groups in total. The van der Waals surface area contributed by atoms with Crippen LogP contribution in [-0.4, -0.2) is 54.7 Å². The largest absolute Gasteiger partial charge is 0.478 e. The minimum atomic E-state index is -1.03. The molecule has 2 aromatic heterocycles. The number of nitrogens with two attached hydrogens (primary N) is 1. The van der Waals surface area contributed by atoms with Crippen LogP contribution < -0.4 is 11.9 Å². The summed E-state index contributed by atoms with van der Waals surface area (Å²) in [6.07, 6.45) is 8.12. The van der Waals surface area contributed by atoms with Crippen molar-refractivity contribution in [2.45, 2.75) is 12.8 Å². The highest BCUT2D eigenvalue weighted by Gasteiger charge is 2.05. The molecule has 0 bridgehead atoms. The summed E-state index contributed by atoms with van der Waals surface area (Å²) in [6, 6.07) is 3.00. The molecule has 12 heteroatoms. The number of aromatic carboxylic acids is 2. The van der Waals surface area contributed by atoms with Crippen molar-refractivity contribution in [2.75, 3.05) is 6.26 Å². The van der Waals surface area contributed by atoms with Crippen molar-refractivity contribution in [1.82, 2.24) is 16.1 Å². The van der Waals surface area contributed by atoms with Gasteiger partial charge in [-0.2, -0.15) is 0 Å². The van der Waals surface area contributed by atoms with E-state index in [-0.39, 0.29) is 35.0 Å². The lowest BCUT2D eigenvalue weighted by molar-refractivity contribution is 0.0685. The molecular formula is C17H24N6O5S. The second-order valence-electron chi connectivity index (χ2n) is 5.28. The predicted molar refractivity (Wildman–Crippen MR) is 112 cm³/mol. The molecule has 0 amide bonds. The van der Waals surface area contributed by atoms with Crippen LogP contribution in [0.4, 0.5) is 0 Å². The SMILES string of the molecule is CSC(=N)Cc1cncc(C(=O)O)c1.N.N=C(N)Cc1cncc(C(=O)O)c1.O. The fourth-order valence-corrected chi connectivity index (χ4v) is 2.19. The van der Waals surface area contributed by atoms with E-state index in [0.29, 0.717) is 17.0 Å². The van der Waals surface area contributed by atoms with E-state index in [1.807, 2.05) is 6.26 Å². The molecule has 0 saturated carbocycles. The van der Waals surface area contributed by atoms with Crippen molar-refractivity contribution < 1.29 is 25.3 Å². The first-order valence-electron chi connectivity index (χ1n) is 7.51. The van der Waals surface area contributed by atoms with Crippen molar-refractivity contribution in [2.24, 2.45) is 5.73 Å². The molecule has 0 spiro atoms. The summed E-state index contributed by atoms with van der Waals surface area (Å²) >= 11 is 1.34. The number of carbonyl (C=O) groups is 2. The molecule has 0 atom stereocenters. The zero-order valence-electron chi connectivity index (χ0n) is 15.7. The summed E-state index contributed by atoms with van der Waals surface area (Å²) < 4.78 is 0. The van der Waals surface area contributed by atoms with E-state index in [2.05, 4.69) is 9.97 Å². The van der Waals surface area contributed by atoms with Gasteiger partial charge in [-0.1, -0.05) is 0 Å². The number of thioether (sulfide) groups is 1. The Morgan fingerprint density at radius 3 is 1.72 bits per heavy atom. The smallest absolute Gasteiger partial charge is 0.337 e. The summed E-state index contributed by atoms with van der Waals surface area (Å²) in [7, 11) is 0. The van der Waals surface area contributed by atoms with Gasteiger partial charge in [0.1, 0.15) is 0 Å². The van der Waals surface area contributed by atoms with E-state index in [1.165, 1.54) is 36.4 Å². The molecule has 2 aromatic rings. The number of nitrogens with one attached hydrogen (secondary N) is 2. The molecule has 0 fully saturated rings. The Labute approximate surface area is 171 Å². The van der Waals surface area contributed by atoms with Crippen LogP contribution >= 0.6 is 11.8 Å². The first kappa shape index (κ1) is 27.9. The molecule has 0 radical (unpaired) electrons. The Hall–Kier alpha value is -3.35. The molecule has 0 aliphatic carbocycles. The van der Waals surface area contributed by atoms with E-state index < -0.39 is 11.9 Å². The Morgan fingerprint density at radius 2 is 1.38 bits per heavy atom. The van der Waals surface area contributed by atoms with Crippen molar-refractivity contribution in [3.8, 4) is 0 Å². The van der Waals surface area contributed by atoms with E-state index in [9.17, 15) is 9.59 Å². The average molecular weight is 424 g/mol. The van der Waals surface area contributed by atoms with Gasteiger partial charge in [-0.05, 0) is 29.5 Å². The first-order valence-corrected chi connectivity index (χ1v) is 8.74. The van der Waals surface area contributed by atoms with Gasteiger partial charge < -0.3 is 27.6 Å². The maximum Gasteiger partial charge on any atom is 0.337 e. The van der Waals surface area contributed by atoms with Crippen molar-refractivity contribution in [1.29, 1.82) is 10.8 Å². The predicted octanol–water partition coefficient (Wildman–Crippen LogP) is 1.26. The molecule has 0 aliphatic heterocycles. The zero-order valence-corrected chi connectivity index (χ0v) is 16.5. The third-order valence-corrected chi connectivity index (χ3v) is 3.73. The fraction of sp³-hybridized carbons (Fsp3) is 0.176. The number of hydrogen-bond acceptors (Lipinski definition) is 8. The highest BCUT2D eigenvalue weighted by molar-refractivity contribution is 8.13. The number of nitrogens with zero attached hydrogens (tertiary/aromatic N) is 2. The van der Waals surface area contributed by atoms with Gasteiger partial charge in [-0.3, -0.25) is 20.8 Å². The summed E-state index contributed by atoms with van der Waals surface area (Å²) in [5, 5.41) is 32.3. The summed E-state index contributed by atoms with van der Waals surface area (Å²) in [5.41, 5.74) is 6.82. The molecule has 0 saturated heterocycles. The Bertz CT molecular complexity index is 862. The normalized spacial score (nSPS) is 9.00. The third-order valence-electron chi connectivity index (χ3n) is 3.09. The highest BCUT2D eigenvalue weighted by atomic mass is 32.2. The van der Waals surface area contributed by atoms with Crippen LogP contribution in [0.2, 0.25) is 0 Å². The van der Waals surface area contributed by atoms with E-state index in [0.717, 1.165) is 5.56 Å². The second kappa shape index (κ2) is 13.8. The minimum Gasteiger partial charge on any atom is -0.478 e. The Morgan fingerprint density at radius 1 is 0.966 bits per heavy atom. The van der Waals surface area contributed by atoms with Gasteiger partial charge in [0.05, 0.1) is 22.0 Å². The lowest BCUT2D eigenvalue weighted by atomic mass is 10.1. The van der Waals surface area contributed by atoms with Crippen molar-refractivity contribution in [3.63, 3.8) is 0 Å². The molecule has 0 unspecified atom stereocenters. The molecule has 158 valence electrons. The quantitative estimate of drug-likeness (QED) is 0.288. The topological polar surface area (TPSA) is 241 Å². The second-order valence-corrected chi connectivity index (χ2v) is 6.18. The number of pyridine rings is 2. The van der Waals surface area contributed by atoms with Crippen LogP contribution in [0, 0.1) is 10.8 Å². The number of carboxylic acids is 2. The molecular weight excluding hydrogens is 400 g/mol. The zero-order chi connectivity index (χ0) is 20.4. The lowest BCUT2D eigenvalue weighted by Gasteiger charge is -2.01. The number of aromatic nitrogens is 2. The van der Waals surface area contributed by atoms with Gasteiger partial charge in [0, 0.05) is 37.6 Å². The lowest BCUT2D eigenvalue weighted by Crippen LogP contribution is -2.13. The number of hydrogen-bond donors (Lipinski definition) is 6. The minimum absolute atomic E-state index is 0. The molecule has 2 heterocycles.